The minimum atomic E-state index is -0.468. The molecule has 0 aromatic carbocycles. The largest absolute Gasteiger partial charge is 0.353 e. The van der Waals surface area contributed by atoms with Crippen molar-refractivity contribution < 1.29 is 9.59 Å². The second kappa shape index (κ2) is 6.57. The Morgan fingerprint density at radius 2 is 1.70 bits per heavy atom. The quantitative estimate of drug-likeness (QED) is 0.815. The summed E-state index contributed by atoms with van der Waals surface area (Å²) in [6.07, 6.45) is 1.61. The topological polar surface area (TPSA) is 75.4 Å². The van der Waals surface area contributed by atoms with E-state index in [1.54, 1.807) is 0 Å². The molecule has 0 aromatic rings. The van der Waals surface area contributed by atoms with Gasteiger partial charge in [-0.15, -0.1) is 0 Å². The Balaban J connectivity index is 2.46. The molecule has 0 radical (unpaired) electrons. The molecule has 2 amide bonds. The predicted molar refractivity (Wildman–Crippen MR) is 80.0 cm³/mol. The molecule has 1 fully saturated rings. The highest BCUT2D eigenvalue weighted by Crippen LogP contribution is 2.21. The Labute approximate surface area is 122 Å². The van der Waals surface area contributed by atoms with Gasteiger partial charge in [-0.3, -0.25) is 9.59 Å². The third-order valence-corrected chi connectivity index (χ3v) is 3.88. The maximum absolute atomic E-state index is 12.3. The summed E-state index contributed by atoms with van der Waals surface area (Å²) in [5.41, 5.74) is 5.80. The van der Waals surface area contributed by atoms with Gasteiger partial charge in [0.15, 0.2) is 0 Å². The maximum Gasteiger partial charge on any atom is 0.240 e. The molecular weight excluding hydrogens is 254 g/mol. The van der Waals surface area contributed by atoms with Gasteiger partial charge in [0.05, 0.1) is 6.04 Å². The van der Waals surface area contributed by atoms with Gasteiger partial charge in [-0.25, -0.2) is 0 Å². The molecule has 0 unspecified atom stereocenters. The van der Waals surface area contributed by atoms with E-state index in [0.29, 0.717) is 13.1 Å². The Hall–Kier alpha value is -1.10. The molecule has 1 saturated heterocycles. The van der Waals surface area contributed by atoms with E-state index in [4.69, 9.17) is 5.73 Å². The van der Waals surface area contributed by atoms with Crippen LogP contribution in [0.1, 0.15) is 47.5 Å². The first-order valence-corrected chi connectivity index (χ1v) is 7.47. The second-order valence-corrected chi connectivity index (χ2v) is 7.11. The van der Waals surface area contributed by atoms with Crippen molar-refractivity contribution in [2.75, 3.05) is 13.1 Å². The number of rotatable bonds is 3. The zero-order valence-electron chi connectivity index (χ0n) is 13.4. The summed E-state index contributed by atoms with van der Waals surface area (Å²) >= 11 is 0. The smallest absolute Gasteiger partial charge is 0.240 e. The SMILES string of the molecule is CC(C)C(=O)NC1CCN(C(=O)[C@H](N)C(C)(C)C)CC1. The molecule has 1 atom stereocenters. The molecule has 116 valence electrons. The summed E-state index contributed by atoms with van der Waals surface area (Å²) in [4.78, 5) is 25.8. The van der Waals surface area contributed by atoms with Crippen LogP contribution in [0.3, 0.4) is 0 Å². The van der Waals surface area contributed by atoms with Gasteiger partial charge < -0.3 is 16.0 Å². The number of nitrogens with one attached hydrogen (secondary N) is 1. The first-order chi connectivity index (χ1) is 9.12. The van der Waals surface area contributed by atoms with E-state index < -0.39 is 6.04 Å². The first kappa shape index (κ1) is 17.0. The molecule has 5 heteroatoms. The number of nitrogens with two attached hydrogens (primary N) is 1. The van der Waals surface area contributed by atoms with Crippen LogP contribution in [-0.2, 0) is 9.59 Å². The third-order valence-electron chi connectivity index (χ3n) is 3.88. The van der Waals surface area contributed by atoms with Gasteiger partial charge in [-0.1, -0.05) is 34.6 Å². The lowest BCUT2D eigenvalue weighted by atomic mass is 9.86. The lowest BCUT2D eigenvalue weighted by molar-refractivity contribution is -0.136. The van der Waals surface area contributed by atoms with Gasteiger partial charge in [0, 0.05) is 25.0 Å². The maximum atomic E-state index is 12.3. The minimum Gasteiger partial charge on any atom is -0.353 e. The Morgan fingerprint density at radius 1 is 1.20 bits per heavy atom. The Kier molecular flexibility index (Phi) is 5.57. The lowest BCUT2D eigenvalue weighted by Gasteiger charge is -2.36. The van der Waals surface area contributed by atoms with Crippen molar-refractivity contribution in [1.82, 2.24) is 10.2 Å². The van der Waals surface area contributed by atoms with Crippen LogP contribution in [0, 0.1) is 11.3 Å². The number of hydrogen-bond acceptors (Lipinski definition) is 3. The molecule has 3 N–H and O–H groups in total. The fraction of sp³-hybridized carbons (Fsp3) is 0.867. The van der Waals surface area contributed by atoms with Gasteiger partial charge in [0.2, 0.25) is 11.8 Å². The summed E-state index contributed by atoms with van der Waals surface area (Å²) in [7, 11) is 0. The van der Waals surface area contributed by atoms with E-state index in [1.165, 1.54) is 0 Å². The van der Waals surface area contributed by atoms with Gasteiger partial charge in [-0.05, 0) is 18.3 Å². The molecule has 0 spiro atoms. The predicted octanol–water partition coefficient (Wildman–Crippen LogP) is 1.12. The summed E-state index contributed by atoms with van der Waals surface area (Å²) < 4.78 is 0. The average Bonchev–Trinajstić information content (AvgIpc) is 2.36. The third kappa shape index (κ3) is 4.47. The van der Waals surface area contributed by atoms with Crippen molar-refractivity contribution in [2.24, 2.45) is 17.1 Å². The minimum absolute atomic E-state index is 0.00368. The van der Waals surface area contributed by atoms with Crippen molar-refractivity contribution >= 4 is 11.8 Å². The van der Waals surface area contributed by atoms with Gasteiger partial charge in [0.1, 0.15) is 0 Å². The van der Waals surface area contributed by atoms with Crippen molar-refractivity contribution in [2.45, 2.75) is 59.5 Å². The monoisotopic (exact) mass is 283 g/mol. The highest BCUT2D eigenvalue weighted by atomic mass is 16.2. The normalized spacial score (nSPS) is 19.1. The number of nitrogens with zero attached hydrogens (tertiary/aromatic N) is 1. The molecule has 0 bridgehead atoms. The number of piperidine rings is 1. The number of carbonyl (C=O) groups excluding carboxylic acids is 2. The molecular formula is C15H29N3O2. The van der Waals surface area contributed by atoms with E-state index in [2.05, 4.69) is 5.32 Å². The summed E-state index contributed by atoms with van der Waals surface area (Å²) in [6.45, 7) is 11.0. The van der Waals surface area contributed by atoms with E-state index in [-0.39, 0.29) is 29.2 Å². The average molecular weight is 283 g/mol. The second-order valence-electron chi connectivity index (χ2n) is 7.11. The molecule has 0 saturated carbocycles. The van der Waals surface area contributed by atoms with Crippen LogP contribution in [0.2, 0.25) is 0 Å². The van der Waals surface area contributed by atoms with Crippen LogP contribution < -0.4 is 11.1 Å². The van der Waals surface area contributed by atoms with Crippen LogP contribution >= 0.6 is 0 Å². The molecule has 5 nitrogen and oxygen atoms in total. The van der Waals surface area contributed by atoms with Crippen LogP contribution in [0.15, 0.2) is 0 Å². The van der Waals surface area contributed by atoms with Gasteiger partial charge in [0.25, 0.3) is 0 Å². The summed E-state index contributed by atoms with van der Waals surface area (Å²) in [5, 5.41) is 3.03. The number of carbonyl (C=O) groups is 2. The molecule has 0 aromatic heterocycles. The van der Waals surface area contributed by atoms with Crippen LogP contribution in [0.25, 0.3) is 0 Å². The van der Waals surface area contributed by atoms with Crippen molar-refractivity contribution in [3.05, 3.63) is 0 Å². The summed E-state index contributed by atoms with van der Waals surface area (Å²) in [5.74, 6) is 0.108. The molecule has 0 aliphatic carbocycles. The Morgan fingerprint density at radius 3 is 2.10 bits per heavy atom. The highest BCUT2D eigenvalue weighted by Gasteiger charge is 2.33. The van der Waals surface area contributed by atoms with E-state index >= 15 is 0 Å². The standard InChI is InChI=1S/C15H29N3O2/c1-10(2)13(19)17-11-6-8-18(9-7-11)14(20)12(16)15(3,4)5/h10-12H,6-9,16H2,1-5H3,(H,17,19)/t12-/m0/s1. The molecule has 1 aliphatic heterocycles. The molecule has 1 heterocycles. The van der Waals surface area contributed by atoms with Gasteiger partial charge >= 0.3 is 0 Å². The molecule has 1 aliphatic rings. The number of hydrogen-bond donors (Lipinski definition) is 2. The van der Waals surface area contributed by atoms with Crippen LogP contribution in [-0.4, -0.2) is 41.9 Å². The fourth-order valence-corrected chi connectivity index (χ4v) is 2.18. The first-order valence-electron chi connectivity index (χ1n) is 7.47. The van der Waals surface area contributed by atoms with E-state index in [9.17, 15) is 9.59 Å². The zero-order chi connectivity index (χ0) is 15.5. The van der Waals surface area contributed by atoms with E-state index in [0.717, 1.165) is 12.8 Å². The fourth-order valence-electron chi connectivity index (χ4n) is 2.18. The summed E-state index contributed by atoms with van der Waals surface area (Å²) in [6, 6.07) is -0.288. The van der Waals surface area contributed by atoms with Crippen molar-refractivity contribution in [3.63, 3.8) is 0 Å². The van der Waals surface area contributed by atoms with Crippen molar-refractivity contribution in [1.29, 1.82) is 0 Å². The molecule has 20 heavy (non-hydrogen) atoms. The molecule has 1 rings (SSSR count). The highest BCUT2D eigenvalue weighted by molar-refractivity contribution is 5.82. The number of amides is 2. The van der Waals surface area contributed by atoms with Crippen molar-refractivity contribution in [3.8, 4) is 0 Å². The lowest BCUT2D eigenvalue weighted by Crippen LogP contribution is -2.54. The van der Waals surface area contributed by atoms with Crippen LogP contribution in [0.4, 0.5) is 0 Å². The van der Waals surface area contributed by atoms with Crippen LogP contribution in [0.5, 0.6) is 0 Å². The zero-order valence-corrected chi connectivity index (χ0v) is 13.4. The number of likely N-dealkylation sites (tertiary alicyclic amines) is 1. The Bertz CT molecular complexity index is 353. The van der Waals surface area contributed by atoms with E-state index in [1.807, 2.05) is 39.5 Å². The van der Waals surface area contributed by atoms with Gasteiger partial charge in [-0.2, -0.15) is 0 Å².